The molecular formula is C16H30N4O3. The maximum atomic E-state index is 12.2. The van der Waals surface area contributed by atoms with E-state index in [0.29, 0.717) is 19.5 Å². The molecule has 2 rings (SSSR count). The minimum Gasteiger partial charge on any atom is -0.379 e. The molecular weight excluding hydrogens is 296 g/mol. The highest BCUT2D eigenvalue weighted by Crippen LogP contribution is 2.18. The zero-order valence-electron chi connectivity index (χ0n) is 14.5. The number of amides is 2. The summed E-state index contributed by atoms with van der Waals surface area (Å²) < 4.78 is 5.32. The molecule has 2 amide bonds. The molecule has 2 fully saturated rings. The predicted octanol–water partition coefficient (Wildman–Crippen LogP) is -0.591. The van der Waals surface area contributed by atoms with Gasteiger partial charge in [0.15, 0.2) is 0 Å². The van der Waals surface area contributed by atoms with Crippen LogP contribution in [0.2, 0.25) is 0 Å². The summed E-state index contributed by atoms with van der Waals surface area (Å²) in [4.78, 5) is 28.4. The summed E-state index contributed by atoms with van der Waals surface area (Å²) in [5.41, 5.74) is 5.68. The van der Waals surface area contributed by atoms with Gasteiger partial charge in [-0.15, -0.1) is 0 Å². The molecule has 0 aromatic carbocycles. The van der Waals surface area contributed by atoms with E-state index in [1.165, 1.54) is 0 Å². The van der Waals surface area contributed by atoms with Crippen molar-refractivity contribution in [2.75, 3.05) is 45.9 Å². The van der Waals surface area contributed by atoms with Crippen LogP contribution in [0.5, 0.6) is 0 Å². The average molecular weight is 326 g/mol. The lowest BCUT2D eigenvalue weighted by Crippen LogP contribution is -2.52. The van der Waals surface area contributed by atoms with Crippen LogP contribution in [0.1, 0.15) is 27.2 Å². The molecule has 7 heteroatoms. The highest BCUT2D eigenvalue weighted by molar-refractivity contribution is 5.85. The first-order chi connectivity index (χ1) is 10.8. The standard InChI is InChI=1S/C16H30N4O3/c1-16(2,3)14(17)15(22)18-12-10-13(21)20(11-12)5-4-19-6-8-23-9-7-19/h12,14H,4-11,17H2,1-3H3,(H,18,22)/t12?,14-/m1/s1. The molecule has 0 spiro atoms. The van der Waals surface area contributed by atoms with Gasteiger partial charge in [0.05, 0.1) is 25.3 Å². The van der Waals surface area contributed by atoms with Crippen molar-refractivity contribution in [3.8, 4) is 0 Å². The van der Waals surface area contributed by atoms with E-state index >= 15 is 0 Å². The molecule has 0 saturated carbocycles. The second kappa shape index (κ2) is 7.59. The van der Waals surface area contributed by atoms with Crippen LogP contribution in [0, 0.1) is 5.41 Å². The number of hydrogen-bond acceptors (Lipinski definition) is 5. The predicted molar refractivity (Wildman–Crippen MR) is 87.8 cm³/mol. The third kappa shape index (κ3) is 5.16. The number of carbonyl (C=O) groups is 2. The topological polar surface area (TPSA) is 87.9 Å². The van der Waals surface area contributed by atoms with Crippen molar-refractivity contribution in [3.05, 3.63) is 0 Å². The van der Waals surface area contributed by atoms with Crippen molar-refractivity contribution < 1.29 is 14.3 Å². The maximum Gasteiger partial charge on any atom is 0.237 e. The molecule has 0 bridgehead atoms. The molecule has 0 aromatic rings. The highest BCUT2D eigenvalue weighted by Gasteiger charge is 2.34. The van der Waals surface area contributed by atoms with E-state index in [9.17, 15) is 9.59 Å². The first kappa shape index (κ1) is 18.2. The first-order valence-electron chi connectivity index (χ1n) is 8.41. The zero-order valence-corrected chi connectivity index (χ0v) is 14.5. The third-order valence-electron chi connectivity index (χ3n) is 4.57. The fourth-order valence-corrected chi connectivity index (χ4v) is 2.86. The number of rotatable bonds is 5. The Morgan fingerprint density at radius 1 is 1.35 bits per heavy atom. The minimum atomic E-state index is -0.569. The molecule has 2 aliphatic rings. The van der Waals surface area contributed by atoms with Gasteiger partial charge in [-0.2, -0.15) is 0 Å². The molecule has 3 N–H and O–H groups in total. The molecule has 2 heterocycles. The van der Waals surface area contributed by atoms with Crippen LogP contribution < -0.4 is 11.1 Å². The van der Waals surface area contributed by atoms with Gasteiger partial charge in [-0.05, 0) is 5.41 Å². The zero-order chi connectivity index (χ0) is 17.0. The van der Waals surface area contributed by atoms with E-state index in [2.05, 4.69) is 10.2 Å². The van der Waals surface area contributed by atoms with Crippen LogP contribution in [0.3, 0.4) is 0 Å². The Bertz CT molecular complexity index is 430. The van der Waals surface area contributed by atoms with E-state index in [1.54, 1.807) is 0 Å². The fourth-order valence-electron chi connectivity index (χ4n) is 2.86. The number of likely N-dealkylation sites (tertiary alicyclic amines) is 1. The van der Waals surface area contributed by atoms with Gasteiger partial charge in [-0.3, -0.25) is 14.5 Å². The molecule has 0 radical (unpaired) electrons. The van der Waals surface area contributed by atoms with Crippen LogP contribution in [0.4, 0.5) is 0 Å². The Morgan fingerprint density at radius 3 is 2.61 bits per heavy atom. The number of carbonyl (C=O) groups excluding carboxylic acids is 2. The van der Waals surface area contributed by atoms with Crippen molar-refractivity contribution in [2.24, 2.45) is 11.1 Å². The van der Waals surface area contributed by atoms with Gasteiger partial charge < -0.3 is 20.7 Å². The Kier molecular flexibility index (Phi) is 6.00. The van der Waals surface area contributed by atoms with Crippen LogP contribution in [0.15, 0.2) is 0 Å². The smallest absolute Gasteiger partial charge is 0.237 e. The van der Waals surface area contributed by atoms with Gasteiger partial charge >= 0.3 is 0 Å². The Morgan fingerprint density at radius 2 is 2.00 bits per heavy atom. The minimum absolute atomic E-state index is 0.105. The van der Waals surface area contributed by atoms with Gasteiger partial charge in [-0.25, -0.2) is 0 Å². The van der Waals surface area contributed by atoms with E-state index < -0.39 is 6.04 Å². The number of nitrogens with zero attached hydrogens (tertiary/aromatic N) is 2. The summed E-state index contributed by atoms with van der Waals surface area (Å²) in [5, 5.41) is 2.92. The molecule has 0 aliphatic carbocycles. The third-order valence-corrected chi connectivity index (χ3v) is 4.57. The maximum absolute atomic E-state index is 12.2. The van der Waals surface area contributed by atoms with Gasteiger partial charge in [0.1, 0.15) is 0 Å². The van der Waals surface area contributed by atoms with Crippen molar-refractivity contribution in [1.82, 2.24) is 15.1 Å². The first-order valence-corrected chi connectivity index (χ1v) is 8.41. The van der Waals surface area contributed by atoms with Gasteiger partial charge in [-0.1, -0.05) is 20.8 Å². The van der Waals surface area contributed by atoms with Gasteiger partial charge in [0.25, 0.3) is 0 Å². The monoisotopic (exact) mass is 326 g/mol. The van der Waals surface area contributed by atoms with Crippen LogP contribution in [0.25, 0.3) is 0 Å². The number of nitrogens with one attached hydrogen (secondary N) is 1. The number of morpholine rings is 1. The number of ether oxygens (including phenoxy) is 1. The quantitative estimate of drug-likeness (QED) is 0.705. The summed E-state index contributed by atoms with van der Waals surface area (Å²) in [5.74, 6) is -0.0711. The van der Waals surface area contributed by atoms with E-state index in [4.69, 9.17) is 10.5 Å². The Balaban J connectivity index is 1.76. The molecule has 7 nitrogen and oxygen atoms in total. The Hall–Kier alpha value is -1.18. The normalized spacial score (nSPS) is 24.8. The van der Waals surface area contributed by atoms with Crippen molar-refractivity contribution in [2.45, 2.75) is 39.3 Å². The van der Waals surface area contributed by atoms with Crippen LogP contribution in [-0.4, -0.2) is 79.6 Å². The fraction of sp³-hybridized carbons (Fsp3) is 0.875. The summed E-state index contributed by atoms with van der Waals surface area (Å²) >= 11 is 0. The second-order valence-electron chi connectivity index (χ2n) is 7.55. The molecule has 2 atom stereocenters. The molecule has 2 aliphatic heterocycles. The lowest BCUT2D eigenvalue weighted by Gasteiger charge is -2.29. The second-order valence-corrected chi connectivity index (χ2v) is 7.55. The summed E-state index contributed by atoms with van der Waals surface area (Å²) in [7, 11) is 0. The lowest BCUT2D eigenvalue weighted by atomic mass is 9.87. The summed E-state index contributed by atoms with van der Waals surface area (Å²) in [6.45, 7) is 11.3. The summed E-state index contributed by atoms with van der Waals surface area (Å²) in [6.07, 6.45) is 0.367. The number of hydrogen-bond donors (Lipinski definition) is 2. The largest absolute Gasteiger partial charge is 0.379 e. The highest BCUT2D eigenvalue weighted by atomic mass is 16.5. The van der Waals surface area contributed by atoms with Gasteiger partial charge in [0, 0.05) is 39.1 Å². The van der Waals surface area contributed by atoms with E-state index in [-0.39, 0.29) is 23.3 Å². The SMILES string of the molecule is CC(C)(C)[C@H](N)C(=O)NC1CC(=O)N(CCN2CCOCC2)C1. The lowest BCUT2D eigenvalue weighted by molar-refractivity contribution is -0.128. The van der Waals surface area contributed by atoms with Gasteiger partial charge in [0.2, 0.25) is 11.8 Å². The Labute approximate surface area is 138 Å². The van der Waals surface area contributed by atoms with Crippen LogP contribution >= 0.6 is 0 Å². The molecule has 0 aromatic heterocycles. The van der Waals surface area contributed by atoms with E-state index in [0.717, 1.165) is 32.8 Å². The average Bonchev–Trinajstić information content (AvgIpc) is 2.84. The van der Waals surface area contributed by atoms with Crippen LogP contribution in [-0.2, 0) is 14.3 Å². The van der Waals surface area contributed by atoms with Crippen molar-refractivity contribution in [1.29, 1.82) is 0 Å². The molecule has 23 heavy (non-hydrogen) atoms. The number of nitrogens with two attached hydrogens (primary N) is 1. The van der Waals surface area contributed by atoms with Crippen molar-refractivity contribution >= 4 is 11.8 Å². The summed E-state index contributed by atoms with van der Waals surface area (Å²) in [6, 6.07) is -0.701. The molecule has 1 unspecified atom stereocenters. The van der Waals surface area contributed by atoms with E-state index in [1.807, 2.05) is 25.7 Å². The molecule has 132 valence electrons. The van der Waals surface area contributed by atoms with Crippen molar-refractivity contribution in [3.63, 3.8) is 0 Å². The molecule has 2 saturated heterocycles.